The molecule has 29 heavy (non-hydrogen) atoms. The Morgan fingerprint density at radius 2 is 1.79 bits per heavy atom. The summed E-state index contributed by atoms with van der Waals surface area (Å²) in [4.78, 5) is 4.54. The molecule has 0 spiro atoms. The molecule has 0 aromatic heterocycles. The first-order chi connectivity index (χ1) is 13.5. The molecule has 0 atom stereocenters. The van der Waals surface area contributed by atoms with Crippen LogP contribution in [-0.2, 0) is 22.6 Å². The van der Waals surface area contributed by atoms with Gasteiger partial charge < -0.3 is 20.1 Å². The Morgan fingerprint density at radius 1 is 1.10 bits per heavy atom. The number of nitrogens with zero attached hydrogens (tertiary/aromatic N) is 1. The summed E-state index contributed by atoms with van der Waals surface area (Å²) in [6.07, 6.45) is -0.772. The van der Waals surface area contributed by atoms with Gasteiger partial charge in [0.25, 0.3) is 0 Å². The topological polar surface area (TPSA) is 54.9 Å². The summed E-state index contributed by atoms with van der Waals surface area (Å²) >= 11 is 0. The average molecular weight is 529 g/mol. The van der Waals surface area contributed by atoms with Crippen LogP contribution in [0.4, 0.5) is 13.2 Å². The lowest BCUT2D eigenvalue weighted by atomic mass is 10.1. The molecular formula is C20H31F3IN3O2. The van der Waals surface area contributed by atoms with Gasteiger partial charge in [-0.1, -0.05) is 24.3 Å². The first kappa shape index (κ1) is 26.0. The molecule has 166 valence electrons. The van der Waals surface area contributed by atoms with E-state index in [1.807, 2.05) is 19.1 Å². The third-order valence-electron chi connectivity index (χ3n) is 4.13. The van der Waals surface area contributed by atoms with Gasteiger partial charge in [0.15, 0.2) is 5.96 Å². The highest BCUT2D eigenvalue weighted by Crippen LogP contribution is 2.28. The van der Waals surface area contributed by atoms with Crippen LogP contribution in [0.3, 0.4) is 0 Å². The molecule has 0 bridgehead atoms. The van der Waals surface area contributed by atoms with Crippen LogP contribution < -0.4 is 10.6 Å². The second-order valence-electron chi connectivity index (χ2n) is 6.92. The maximum atomic E-state index is 12.1. The summed E-state index contributed by atoms with van der Waals surface area (Å²) in [7, 11) is 0. The molecule has 0 heterocycles. The molecule has 1 aromatic rings. The molecule has 5 nitrogen and oxygen atoms in total. The minimum absolute atomic E-state index is 0. The van der Waals surface area contributed by atoms with Gasteiger partial charge in [0.2, 0.25) is 0 Å². The number of rotatable bonds is 12. The Kier molecular flexibility index (Phi) is 12.6. The maximum Gasteiger partial charge on any atom is 0.411 e. The predicted octanol–water partition coefficient (Wildman–Crippen LogP) is 4.26. The lowest BCUT2D eigenvalue weighted by Gasteiger charge is -2.11. The minimum Gasteiger partial charge on any atom is -0.381 e. The molecule has 2 rings (SSSR count). The van der Waals surface area contributed by atoms with Crippen molar-refractivity contribution in [1.29, 1.82) is 0 Å². The van der Waals surface area contributed by atoms with E-state index in [-0.39, 0.29) is 30.6 Å². The van der Waals surface area contributed by atoms with E-state index in [0.29, 0.717) is 12.1 Å². The fraction of sp³-hybridized carbons (Fsp3) is 0.650. The predicted molar refractivity (Wildman–Crippen MR) is 119 cm³/mol. The molecule has 0 saturated heterocycles. The van der Waals surface area contributed by atoms with E-state index in [0.717, 1.165) is 50.2 Å². The van der Waals surface area contributed by atoms with Crippen molar-refractivity contribution in [3.8, 4) is 0 Å². The molecule has 2 N–H and O–H groups in total. The fourth-order valence-electron chi connectivity index (χ4n) is 2.45. The third kappa shape index (κ3) is 13.0. The number of hydrogen-bond acceptors (Lipinski definition) is 3. The van der Waals surface area contributed by atoms with E-state index in [1.54, 1.807) is 12.1 Å². The largest absolute Gasteiger partial charge is 0.411 e. The number of alkyl halides is 3. The summed E-state index contributed by atoms with van der Waals surface area (Å²) in [6, 6.07) is 7.23. The Balaban J connectivity index is 0.00000420. The second kappa shape index (κ2) is 14.0. The first-order valence-corrected chi connectivity index (χ1v) is 9.78. The van der Waals surface area contributed by atoms with Crippen molar-refractivity contribution in [2.75, 3.05) is 32.9 Å². The van der Waals surface area contributed by atoms with Crippen LogP contribution in [0.2, 0.25) is 0 Å². The van der Waals surface area contributed by atoms with E-state index in [2.05, 4.69) is 20.4 Å². The lowest BCUT2D eigenvalue weighted by molar-refractivity contribution is -0.176. The summed E-state index contributed by atoms with van der Waals surface area (Å²) in [6.45, 7) is 4.37. The number of nitrogens with one attached hydrogen (secondary N) is 2. The van der Waals surface area contributed by atoms with Crippen LogP contribution >= 0.6 is 24.0 Å². The maximum absolute atomic E-state index is 12.1. The molecule has 1 fully saturated rings. The summed E-state index contributed by atoms with van der Waals surface area (Å²) < 4.78 is 46.5. The number of hydrogen-bond donors (Lipinski definition) is 2. The summed E-state index contributed by atoms with van der Waals surface area (Å²) in [5, 5.41) is 6.48. The zero-order chi connectivity index (χ0) is 20.2. The zero-order valence-corrected chi connectivity index (χ0v) is 19.1. The van der Waals surface area contributed by atoms with Gasteiger partial charge in [0.1, 0.15) is 6.61 Å². The molecule has 1 saturated carbocycles. The van der Waals surface area contributed by atoms with E-state index < -0.39 is 12.8 Å². The summed E-state index contributed by atoms with van der Waals surface area (Å²) in [5.41, 5.74) is 1.68. The molecule has 9 heteroatoms. The summed E-state index contributed by atoms with van der Waals surface area (Å²) in [5.74, 6) is 1.52. The standard InChI is InChI=1S/C20H30F3N3O2.HI/c1-2-24-19(25-10-3-11-27-13-17-8-9-17)26-12-16-4-6-18(7-5-16)14-28-15-20(21,22)23;/h4-7,17H,2-3,8-15H2,1H3,(H2,24,25,26);1H. The molecule has 0 aliphatic heterocycles. The Labute approximate surface area is 187 Å². The van der Waals surface area contributed by atoms with Crippen LogP contribution in [0.1, 0.15) is 37.3 Å². The molecule has 1 aliphatic rings. The minimum atomic E-state index is -4.30. The van der Waals surface area contributed by atoms with Crippen LogP contribution in [0.15, 0.2) is 29.3 Å². The van der Waals surface area contributed by atoms with Crippen LogP contribution in [0.5, 0.6) is 0 Å². The van der Waals surface area contributed by atoms with Crippen molar-refractivity contribution in [3.63, 3.8) is 0 Å². The van der Waals surface area contributed by atoms with E-state index >= 15 is 0 Å². The smallest absolute Gasteiger partial charge is 0.381 e. The Morgan fingerprint density at radius 3 is 2.41 bits per heavy atom. The number of halogens is 4. The van der Waals surface area contributed by atoms with Crippen molar-refractivity contribution in [1.82, 2.24) is 10.6 Å². The van der Waals surface area contributed by atoms with Crippen molar-refractivity contribution < 1.29 is 22.6 Å². The number of aliphatic imine (C=N–C) groups is 1. The van der Waals surface area contributed by atoms with Gasteiger partial charge in [-0.2, -0.15) is 13.2 Å². The van der Waals surface area contributed by atoms with Gasteiger partial charge in [-0.05, 0) is 43.2 Å². The van der Waals surface area contributed by atoms with Crippen molar-refractivity contribution in [2.45, 2.75) is 45.5 Å². The van der Waals surface area contributed by atoms with Gasteiger partial charge in [-0.25, -0.2) is 4.99 Å². The Hall–Kier alpha value is -1.07. The van der Waals surface area contributed by atoms with E-state index in [4.69, 9.17) is 4.74 Å². The molecule has 1 aromatic carbocycles. The third-order valence-corrected chi connectivity index (χ3v) is 4.13. The monoisotopic (exact) mass is 529 g/mol. The molecular weight excluding hydrogens is 498 g/mol. The normalized spacial score (nSPS) is 14.4. The van der Waals surface area contributed by atoms with E-state index in [9.17, 15) is 13.2 Å². The molecule has 0 amide bonds. The quantitative estimate of drug-likeness (QED) is 0.184. The number of ether oxygens (including phenoxy) is 2. The van der Waals surface area contributed by atoms with Crippen molar-refractivity contribution >= 4 is 29.9 Å². The molecule has 0 unspecified atom stereocenters. The van der Waals surface area contributed by atoms with Gasteiger partial charge in [0, 0.05) is 26.3 Å². The van der Waals surface area contributed by atoms with Crippen molar-refractivity contribution in [2.24, 2.45) is 10.9 Å². The lowest BCUT2D eigenvalue weighted by Crippen LogP contribution is -2.38. The van der Waals surface area contributed by atoms with Crippen LogP contribution in [0, 0.1) is 5.92 Å². The van der Waals surface area contributed by atoms with Gasteiger partial charge in [0.05, 0.1) is 13.2 Å². The molecule has 0 radical (unpaired) electrons. The average Bonchev–Trinajstić information content (AvgIpc) is 3.47. The highest BCUT2D eigenvalue weighted by Gasteiger charge is 2.27. The van der Waals surface area contributed by atoms with Crippen LogP contribution in [0.25, 0.3) is 0 Å². The Bertz CT molecular complexity index is 594. The van der Waals surface area contributed by atoms with Gasteiger partial charge in [-0.15, -0.1) is 24.0 Å². The fourth-order valence-corrected chi connectivity index (χ4v) is 2.45. The van der Waals surface area contributed by atoms with Crippen LogP contribution in [-0.4, -0.2) is 45.0 Å². The van der Waals surface area contributed by atoms with Gasteiger partial charge in [-0.3, -0.25) is 0 Å². The van der Waals surface area contributed by atoms with Crippen molar-refractivity contribution in [3.05, 3.63) is 35.4 Å². The first-order valence-electron chi connectivity index (χ1n) is 9.78. The SMILES string of the molecule is CCNC(=NCc1ccc(COCC(F)(F)F)cc1)NCCCOCC1CC1.I. The highest BCUT2D eigenvalue weighted by molar-refractivity contribution is 14.0. The zero-order valence-electron chi connectivity index (χ0n) is 16.8. The molecule has 1 aliphatic carbocycles. The number of guanidine groups is 1. The van der Waals surface area contributed by atoms with Gasteiger partial charge >= 0.3 is 6.18 Å². The van der Waals surface area contributed by atoms with E-state index in [1.165, 1.54) is 12.8 Å². The number of benzene rings is 1. The highest BCUT2D eigenvalue weighted by atomic mass is 127. The second-order valence-corrected chi connectivity index (χ2v) is 6.92.